The van der Waals surface area contributed by atoms with E-state index in [0.29, 0.717) is 12.1 Å². The molecule has 1 amide bonds. The van der Waals surface area contributed by atoms with E-state index in [1.54, 1.807) is 29.6 Å². The quantitative estimate of drug-likeness (QED) is 0.734. The van der Waals surface area contributed by atoms with Crippen LogP contribution in [0.5, 0.6) is 0 Å². The van der Waals surface area contributed by atoms with Crippen molar-refractivity contribution in [3.05, 3.63) is 71.0 Å². The Kier molecular flexibility index (Phi) is 7.53. The molecule has 1 unspecified atom stereocenters. The zero-order valence-electron chi connectivity index (χ0n) is 16.0. The zero-order chi connectivity index (χ0) is 19.9. The monoisotopic (exact) mass is 417 g/mol. The Hall–Kier alpha value is -1.83. The molecule has 2 aromatic rings. The highest BCUT2D eigenvalue weighted by molar-refractivity contribution is 8.38. The Balaban J connectivity index is 1.66. The van der Waals surface area contributed by atoms with Crippen LogP contribution in [-0.4, -0.2) is 48.1 Å². The van der Waals surface area contributed by atoms with Crippen LogP contribution in [0.15, 0.2) is 53.5 Å². The molecule has 0 radical (unpaired) electrons. The van der Waals surface area contributed by atoms with Crippen LogP contribution in [0, 0.1) is 5.82 Å². The first-order valence-corrected chi connectivity index (χ1v) is 11.1. The number of carbonyl (C=O) groups excluding carboxylic acids is 1. The van der Waals surface area contributed by atoms with E-state index in [4.69, 9.17) is 0 Å². The number of hydrogen-bond acceptors (Lipinski definition) is 5. The highest BCUT2D eigenvalue weighted by Gasteiger charge is 2.18. The summed E-state index contributed by atoms with van der Waals surface area (Å²) in [5.74, 6) is 1.37. The number of aliphatic imine (C=N–C) groups is 1. The molecule has 28 heavy (non-hydrogen) atoms. The minimum absolute atomic E-state index is 0.106. The number of carbonyl (C=O) groups is 1. The number of amides is 1. The van der Waals surface area contributed by atoms with Gasteiger partial charge in [0.1, 0.15) is 10.2 Å². The number of nitrogens with one attached hydrogen (secondary N) is 1. The molecule has 0 saturated heterocycles. The molecule has 1 N–H and O–H groups in total. The first-order chi connectivity index (χ1) is 13.5. The lowest BCUT2D eigenvalue weighted by Crippen LogP contribution is -2.35. The van der Waals surface area contributed by atoms with Gasteiger partial charge in [-0.05, 0) is 43.4 Å². The summed E-state index contributed by atoms with van der Waals surface area (Å²) in [5, 5.41) is 3.02. The summed E-state index contributed by atoms with van der Waals surface area (Å²) in [6.45, 7) is 1.28. The van der Waals surface area contributed by atoms with E-state index >= 15 is 0 Å². The largest absolute Gasteiger partial charge is 0.350 e. The number of likely N-dealkylation sites (N-methyl/N-ethyl adjacent to an activating group) is 1. The molecular formula is C21H24FN3OS2. The fourth-order valence-electron chi connectivity index (χ4n) is 3.01. The van der Waals surface area contributed by atoms with E-state index in [-0.39, 0.29) is 17.8 Å². The van der Waals surface area contributed by atoms with Crippen molar-refractivity contribution in [1.29, 1.82) is 0 Å². The van der Waals surface area contributed by atoms with Gasteiger partial charge < -0.3 is 10.2 Å². The smallest absolute Gasteiger partial charge is 0.251 e. The van der Waals surface area contributed by atoms with Crippen molar-refractivity contribution in [3.63, 3.8) is 0 Å². The summed E-state index contributed by atoms with van der Waals surface area (Å²) in [6.07, 6.45) is 0. The van der Waals surface area contributed by atoms with Crippen molar-refractivity contribution in [2.45, 2.75) is 11.8 Å². The van der Waals surface area contributed by atoms with Crippen molar-refractivity contribution in [2.24, 2.45) is 4.99 Å². The van der Waals surface area contributed by atoms with Crippen LogP contribution in [0.1, 0.15) is 27.5 Å². The second-order valence-electron chi connectivity index (χ2n) is 6.69. The molecule has 1 aliphatic rings. The molecular weight excluding hydrogens is 393 g/mol. The van der Waals surface area contributed by atoms with E-state index in [0.717, 1.165) is 33.6 Å². The predicted molar refractivity (Wildman–Crippen MR) is 118 cm³/mol. The number of nitrogens with zero attached hydrogens (tertiary/aromatic N) is 2. The summed E-state index contributed by atoms with van der Waals surface area (Å²) in [4.78, 5) is 19.3. The van der Waals surface area contributed by atoms with Crippen LogP contribution < -0.4 is 5.32 Å². The Morgan fingerprint density at radius 3 is 2.82 bits per heavy atom. The van der Waals surface area contributed by atoms with Crippen LogP contribution >= 0.6 is 23.5 Å². The summed E-state index contributed by atoms with van der Waals surface area (Å²) in [7, 11) is 3.85. The van der Waals surface area contributed by atoms with Gasteiger partial charge >= 0.3 is 0 Å². The molecule has 1 heterocycles. The molecule has 3 rings (SSSR count). The minimum atomic E-state index is -0.272. The number of halogens is 1. The maximum Gasteiger partial charge on any atom is 0.251 e. The van der Waals surface area contributed by atoms with E-state index in [1.165, 1.54) is 12.1 Å². The third-order valence-electron chi connectivity index (χ3n) is 4.48. The highest BCUT2D eigenvalue weighted by Crippen LogP contribution is 2.26. The van der Waals surface area contributed by atoms with Crippen molar-refractivity contribution in [1.82, 2.24) is 10.2 Å². The Labute approximate surface area is 174 Å². The van der Waals surface area contributed by atoms with Crippen LogP contribution in [0.3, 0.4) is 0 Å². The Morgan fingerprint density at radius 2 is 2.11 bits per heavy atom. The van der Waals surface area contributed by atoms with Crippen LogP contribution in [0.25, 0.3) is 0 Å². The van der Waals surface area contributed by atoms with Gasteiger partial charge in [0.25, 0.3) is 5.91 Å². The molecule has 0 fully saturated rings. The van der Waals surface area contributed by atoms with Crippen LogP contribution in [-0.2, 0) is 5.75 Å². The molecule has 0 bridgehead atoms. The van der Waals surface area contributed by atoms with E-state index in [1.807, 2.05) is 49.3 Å². The Bertz CT molecular complexity index is 857. The molecule has 0 aromatic heterocycles. The van der Waals surface area contributed by atoms with Gasteiger partial charge in [-0.25, -0.2) is 4.39 Å². The van der Waals surface area contributed by atoms with Gasteiger partial charge in [-0.1, -0.05) is 53.9 Å². The van der Waals surface area contributed by atoms with Gasteiger partial charge in [-0.15, -0.1) is 0 Å². The van der Waals surface area contributed by atoms with E-state index in [9.17, 15) is 9.18 Å². The fourth-order valence-corrected chi connectivity index (χ4v) is 5.02. The second kappa shape index (κ2) is 10.1. The zero-order valence-corrected chi connectivity index (χ0v) is 17.7. The van der Waals surface area contributed by atoms with E-state index in [2.05, 4.69) is 10.3 Å². The summed E-state index contributed by atoms with van der Waals surface area (Å²) in [6, 6.07) is 14.1. The SMILES string of the molecule is CN(C)C(CNC(=O)c1ccccc1CSC1=NCCS1)c1cccc(F)c1. The second-order valence-corrected chi connectivity index (χ2v) is 8.99. The molecule has 0 aliphatic carbocycles. The summed E-state index contributed by atoms with van der Waals surface area (Å²) >= 11 is 3.45. The fraction of sp³-hybridized carbons (Fsp3) is 0.333. The molecule has 148 valence electrons. The van der Waals surface area contributed by atoms with Gasteiger partial charge in [0.2, 0.25) is 0 Å². The average molecular weight is 418 g/mol. The normalized spacial score (nSPS) is 14.8. The molecule has 1 aliphatic heterocycles. The molecule has 7 heteroatoms. The molecule has 1 atom stereocenters. The number of benzene rings is 2. The van der Waals surface area contributed by atoms with Gasteiger partial charge in [-0.2, -0.15) is 0 Å². The lowest BCUT2D eigenvalue weighted by atomic mass is 10.0. The minimum Gasteiger partial charge on any atom is -0.350 e. The maximum absolute atomic E-state index is 13.6. The summed E-state index contributed by atoms with van der Waals surface area (Å²) < 4.78 is 14.7. The van der Waals surface area contributed by atoms with Crippen molar-refractivity contribution in [3.8, 4) is 0 Å². The van der Waals surface area contributed by atoms with Gasteiger partial charge in [-0.3, -0.25) is 9.79 Å². The number of thioether (sulfide) groups is 2. The average Bonchev–Trinajstić information content (AvgIpc) is 3.20. The third-order valence-corrected chi connectivity index (χ3v) is 6.78. The van der Waals surface area contributed by atoms with Crippen molar-refractivity contribution in [2.75, 3.05) is 32.9 Å². The highest BCUT2D eigenvalue weighted by atomic mass is 32.2. The first kappa shape index (κ1) is 20.9. The molecule has 4 nitrogen and oxygen atoms in total. The first-order valence-electron chi connectivity index (χ1n) is 9.12. The van der Waals surface area contributed by atoms with Crippen LogP contribution in [0.4, 0.5) is 4.39 Å². The predicted octanol–water partition coefficient (Wildman–Crippen LogP) is 4.19. The van der Waals surface area contributed by atoms with Gasteiger partial charge in [0.05, 0.1) is 12.6 Å². The summed E-state index contributed by atoms with van der Waals surface area (Å²) in [5.41, 5.74) is 2.51. The van der Waals surface area contributed by atoms with Crippen molar-refractivity contribution >= 4 is 33.8 Å². The van der Waals surface area contributed by atoms with Crippen LogP contribution in [0.2, 0.25) is 0 Å². The van der Waals surface area contributed by atoms with Gasteiger partial charge in [0, 0.05) is 23.6 Å². The molecule has 0 saturated carbocycles. The topological polar surface area (TPSA) is 44.7 Å². The molecule has 0 spiro atoms. The van der Waals surface area contributed by atoms with E-state index < -0.39 is 0 Å². The lowest BCUT2D eigenvalue weighted by molar-refractivity contribution is 0.0941. The van der Waals surface area contributed by atoms with Crippen molar-refractivity contribution < 1.29 is 9.18 Å². The molecule has 2 aromatic carbocycles. The number of hydrogen-bond donors (Lipinski definition) is 1. The Morgan fingerprint density at radius 1 is 1.29 bits per heavy atom. The van der Waals surface area contributed by atoms with Gasteiger partial charge in [0.15, 0.2) is 0 Å². The lowest BCUT2D eigenvalue weighted by Gasteiger charge is -2.25. The standard InChI is InChI=1S/C21H24FN3OS2/c1-25(2)19(15-7-5-8-17(22)12-15)13-24-20(26)18-9-4-3-6-16(18)14-28-21-23-10-11-27-21/h3-9,12,19H,10-11,13-14H2,1-2H3,(H,24,26). The third kappa shape index (κ3) is 5.59. The number of rotatable bonds is 7. The maximum atomic E-state index is 13.6.